The molecule has 82 valence electrons. The maximum absolute atomic E-state index is 5.81. The molecule has 0 aliphatic heterocycles. The highest BCUT2D eigenvalue weighted by Crippen LogP contribution is 2.17. The number of ether oxygens (including phenoxy) is 1. The zero-order valence-electron chi connectivity index (χ0n) is 8.41. The Morgan fingerprint density at radius 2 is 2.20 bits per heavy atom. The zero-order chi connectivity index (χ0) is 11.1. The van der Waals surface area contributed by atoms with Crippen molar-refractivity contribution in [3.8, 4) is 5.75 Å². The van der Waals surface area contributed by atoms with Crippen LogP contribution in [0.3, 0.4) is 0 Å². The van der Waals surface area contributed by atoms with Crippen molar-refractivity contribution in [3.05, 3.63) is 29.3 Å². The van der Waals surface area contributed by atoms with E-state index >= 15 is 0 Å². The highest BCUT2D eigenvalue weighted by atomic mass is 35.5. The molecule has 1 rings (SSSR count). The molecule has 2 nitrogen and oxygen atoms in total. The number of hydrogen-bond donors (Lipinski definition) is 1. The van der Waals surface area contributed by atoms with Crippen LogP contribution in [-0.4, -0.2) is 11.6 Å². The summed E-state index contributed by atoms with van der Waals surface area (Å²) in [5.74, 6) is 0.804. The third-order valence-electron chi connectivity index (χ3n) is 1.88. The number of thiocarbonyl (C=S) groups is 1. The first-order valence-electron chi connectivity index (χ1n) is 4.85. The van der Waals surface area contributed by atoms with E-state index in [2.05, 4.69) is 0 Å². The normalized spacial score (nSPS) is 9.93. The summed E-state index contributed by atoms with van der Waals surface area (Å²) in [5, 5.41) is 0.690. The maximum atomic E-state index is 5.81. The van der Waals surface area contributed by atoms with Crippen LogP contribution in [-0.2, 0) is 0 Å². The molecule has 0 aromatic heterocycles. The van der Waals surface area contributed by atoms with E-state index in [1.807, 2.05) is 18.2 Å². The molecule has 1 aromatic carbocycles. The molecule has 1 aromatic rings. The Hall–Kier alpha value is -0.800. The van der Waals surface area contributed by atoms with E-state index < -0.39 is 0 Å². The van der Waals surface area contributed by atoms with Crippen LogP contribution in [0.4, 0.5) is 0 Å². The van der Waals surface area contributed by atoms with Gasteiger partial charge in [-0.05, 0) is 37.5 Å². The lowest BCUT2D eigenvalue weighted by Crippen LogP contribution is -2.07. The van der Waals surface area contributed by atoms with E-state index in [-0.39, 0.29) is 0 Å². The zero-order valence-corrected chi connectivity index (χ0v) is 9.98. The summed E-state index contributed by atoms with van der Waals surface area (Å²) in [7, 11) is 0. The van der Waals surface area contributed by atoms with E-state index in [0.717, 1.165) is 25.0 Å². The van der Waals surface area contributed by atoms with Crippen molar-refractivity contribution >= 4 is 28.8 Å². The van der Waals surface area contributed by atoms with E-state index in [0.29, 0.717) is 16.6 Å². The Morgan fingerprint density at radius 1 is 1.40 bits per heavy atom. The summed E-state index contributed by atoms with van der Waals surface area (Å²) in [6.45, 7) is 0.670. The van der Waals surface area contributed by atoms with Gasteiger partial charge in [0.1, 0.15) is 5.75 Å². The van der Waals surface area contributed by atoms with Crippen LogP contribution in [0, 0.1) is 0 Å². The minimum Gasteiger partial charge on any atom is -0.494 e. The molecule has 0 radical (unpaired) electrons. The van der Waals surface area contributed by atoms with Gasteiger partial charge in [-0.25, -0.2) is 0 Å². The summed E-state index contributed by atoms with van der Waals surface area (Å²) >= 11 is 10.6. The van der Waals surface area contributed by atoms with Crippen molar-refractivity contribution in [3.63, 3.8) is 0 Å². The van der Waals surface area contributed by atoms with Crippen LogP contribution in [0.15, 0.2) is 24.3 Å². The average Bonchev–Trinajstić information content (AvgIpc) is 2.17. The lowest BCUT2D eigenvalue weighted by Gasteiger charge is -2.05. The molecule has 0 amide bonds. The minimum atomic E-state index is 0.567. The predicted molar refractivity (Wildman–Crippen MR) is 67.6 cm³/mol. The van der Waals surface area contributed by atoms with Gasteiger partial charge in [-0.2, -0.15) is 0 Å². The van der Waals surface area contributed by atoms with Gasteiger partial charge < -0.3 is 10.5 Å². The second kappa shape index (κ2) is 6.64. The topological polar surface area (TPSA) is 35.2 Å². The molecule has 0 saturated heterocycles. The molecule has 4 heteroatoms. The Morgan fingerprint density at radius 3 is 2.87 bits per heavy atom. The Bertz CT molecular complexity index is 330. The summed E-state index contributed by atoms with van der Waals surface area (Å²) < 4.78 is 5.50. The SMILES string of the molecule is NC(=S)CCCCOc1cccc(Cl)c1. The Labute approximate surface area is 100 Å². The molecular formula is C11H14ClNOS. The number of rotatable bonds is 6. The molecule has 0 heterocycles. The van der Waals surface area contributed by atoms with Crippen molar-refractivity contribution < 1.29 is 4.74 Å². The van der Waals surface area contributed by atoms with Crippen LogP contribution in [0.25, 0.3) is 0 Å². The molecule has 0 unspecified atom stereocenters. The largest absolute Gasteiger partial charge is 0.494 e. The summed E-state index contributed by atoms with van der Waals surface area (Å²) in [6.07, 6.45) is 2.70. The first kappa shape index (κ1) is 12.3. The molecule has 0 saturated carbocycles. The van der Waals surface area contributed by atoms with Crippen molar-refractivity contribution in [1.82, 2.24) is 0 Å². The number of unbranched alkanes of at least 4 members (excludes halogenated alkanes) is 1. The van der Waals surface area contributed by atoms with E-state index in [9.17, 15) is 0 Å². The van der Waals surface area contributed by atoms with Gasteiger partial charge in [0.05, 0.1) is 11.6 Å². The van der Waals surface area contributed by atoms with Gasteiger partial charge in [0.25, 0.3) is 0 Å². The van der Waals surface area contributed by atoms with Crippen LogP contribution in [0.1, 0.15) is 19.3 Å². The van der Waals surface area contributed by atoms with E-state index in [1.165, 1.54) is 0 Å². The molecule has 0 atom stereocenters. The van der Waals surface area contributed by atoms with Gasteiger partial charge in [0.2, 0.25) is 0 Å². The monoisotopic (exact) mass is 243 g/mol. The second-order valence-electron chi connectivity index (χ2n) is 3.23. The standard InChI is InChI=1S/C11H14ClNOS/c12-9-4-3-5-10(8-9)14-7-2-1-6-11(13)15/h3-5,8H,1-2,6-7H2,(H2,13,15). The highest BCUT2D eigenvalue weighted by Gasteiger charge is 1.95. The fraction of sp³-hybridized carbons (Fsp3) is 0.364. The summed E-state index contributed by atoms with van der Waals surface area (Å²) in [5.41, 5.74) is 5.38. The first-order chi connectivity index (χ1) is 7.18. The Kier molecular flexibility index (Phi) is 5.43. The van der Waals surface area contributed by atoms with Crippen LogP contribution < -0.4 is 10.5 Å². The molecular weight excluding hydrogens is 230 g/mol. The number of hydrogen-bond acceptors (Lipinski definition) is 2. The smallest absolute Gasteiger partial charge is 0.120 e. The van der Waals surface area contributed by atoms with Crippen LogP contribution >= 0.6 is 23.8 Å². The molecule has 0 fully saturated rings. The maximum Gasteiger partial charge on any atom is 0.120 e. The third kappa shape index (κ3) is 5.60. The first-order valence-corrected chi connectivity index (χ1v) is 5.64. The summed E-state index contributed by atoms with van der Waals surface area (Å²) in [6, 6.07) is 7.38. The molecule has 0 spiro atoms. The minimum absolute atomic E-state index is 0.567. The predicted octanol–water partition coefficient (Wildman–Crippen LogP) is 3.18. The van der Waals surface area contributed by atoms with Crippen molar-refractivity contribution in [2.45, 2.75) is 19.3 Å². The van der Waals surface area contributed by atoms with Gasteiger partial charge in [-0.3, -0.25) is 0 Å². The molecule has 0 bridgehead atoms. The molecule has 15 heavy (non-hydrogen) atoms. The lowest BCUT2D eigenvalue weighted by atomic mass is 10.2. The van der Waals surface area contributed by atoms with E-state index in [1.54, 1.807) is 6.07 Å². The van der Waals surface area contributed by atoms with Crippen LogP contribution in [0.2, 0.25) is 5.02 Å². The van der Waals surface area contributed by atoms with Crippen molar-refractivity contribution in [1.29, 1.82) is 0 Å². The van der Waals surface area contributed by atoms with Gasteiger partial charge in [-0.15, -0.1) is 0 Å². The van der Waals surface area contributed by atoms with Gasteiger partial charge in [0, 0.05) is 5.02 Å². The van der Waals surface area contributed by atoms with Gasteiger partial charge in [0.15, 0.2) is 0 Å². The second-order valence-corrected chi connectivity index (χ2v) is 4.19. The quantitative estimate of drug-likeness (QED) is 0.616. The number of nitrogens with two attached hydrogens (primary N) is 1. The number of benzene rings is 1. The fourth-order valence-electron chi connectivity index (χ4n) is 1.15. The fourth-order valence-corrected chi connectivity index (χ4v) is 1.47. The lowest BCUT2D eigenvalue weighted by molar-refractivity contribution is 0.308. The molecule has 2 N–H and O–H groups in total. The van der Waals surface area contributed by atoms with Crippen molar-refractivity contribution in [2.75, 3.05) is 6.61 Å². The highest BCUT2D eigenvalue weighted by molar-refractivity contribution is 7.80. The van der Waals surface area contributed by atoms with E-state index in [4.69, 9.17) is 34.3 Å². The summed E-state index contributed by atoms with van der Waals surface area (Å²) in [4.78, 5) is 0.567. The molecule has 0 aliphatic carbocycles. The van der Waals surface area contributed by atoms with Crippen molar-refractivity contribution in [2.24, 2.45) is 5.73 Å². The Balaban J connectivity index is 2.17. The van der Waals surface area contributed by atoms with Crippen LogP contribution in [0.5, 0.6) is 5.75 Å². The average molecular weight is 244 g/mol. The van der Waals surface area contributed by atoms with Gasteiger partial charge in [-0.1, -0.05) is 29.9 Å². The molecule has 0 aliphatic rings. The van der Waals surface area contributed by atoms with Gasteiger partial charge >= 0.3 is 0 Å². The third-order valence-corrected chi connectivity index (χ3v) is 2.32. The number of halogens is 1.